The summed E-state index contributed by atoms with van der Waals surface area (Å²) >= 11 is 3.27. The van der Waals surface area contributed by atoms with Gasteiger partial charge in [0.05, 0.1) is 12.7 Å². The summed E-state index contributed by atoms with van der Waals surface area (Å²) in [6.45, 7) is 1.53. The molecule has 0 aliphatic rings. The van der Waals surface area contributed by atoms with E-state index in [9.17, 15) is 9.50 Å². The average molecular weight is 277 g/mol. The fourth-order valence-electron chi connectivity index (χ4n) is 1.50. The summed E-state index contributed by atoms with van der Waals surface area (Å²) < 4.78 is 14.2. The molecule has 84 valence electrons. The molecular formula is C11H14BrFO2. The second kappa shape index (κ2) is 5.58. The zero-order valence-electron chi connectivity index (χ0n) is 8.45. The van der Waals surface area contributed by atoms with Crippen LogP contribution in [-0.4, -0.2) is 22.9 Å². The molecule has 0 aliphatic carbocycles. The van der Waals surface area contributed by atoms with Crippen molar-refractivity contribution in [3.8, 4) is 0 Å². The number of aliphatic hydroxyl groups excluding tert-OH is 2. The smallest absolute Gasteiger partial charge is 0.126 e. The first-order valence-electron chi connectivity index (χ1n) is 4.78. The SMILES string of the molecule is CC(CC(O)CO)c1cc(Br)ccc1F. The molecule has 2 nitrogen and oxygen atoms in total. The Morgan fingerprint density at radius 3 is 2.73 bits per heavy atom. The molecule has 0 fully saturated rings. The predicted molar refractivity (Wildman–Crippen MR) is 60.2 cm³/mol. The van der Waals surface area contributed by atoms with Crippen molar-refractivity contribution in [1.29, 1.82) is 0 Å². The largest absolute Gasteiger partial charge is 0.394 e. The van der Waals surface area contributed by atoms with E-state index >= 15 is 0 Å². The van der Waals surface area contributed by atoms with Gasteiger partial charge in [-0.1, -0.05) is 22.9 Å². The fourth-order valence-corrected chi connectivity index (χ4v) is 1.88. The Hall–Kier alpha value is -0.450. The van der Waals surface area contributed by atoms with Crippen molar-refractivity contribution in [3.05, 3.63) is 34.1 Å². The Kier molecular flexibility index (Phi) is 4.70. The second-order valence-electron chi connectivity index (χ2n) is 3.64. The van der Waals surface area contributed by atoms with Crippen LogP contribution in [0, 0.1) is 5.82 Å². The molecule has 2 N–H and O–H groups in total. The normalized spacial score (nSPS) is 15.0. The molecule has 4 heteroatoms. The van der Waals surface area contributed by atoms with Crippen LogP contribution in [-0.2, 0) is 0 Å². The third-order valence-electron chi connectivity index (χ3n) is 2.33. The van der Waals surface area contributed by atoms with Crippen LogP contribution in [0.15, 0.2) is 22.7 Å². The summed E-state index contributed by atoms with van der Waals surface area (Å²) in [5.41, 5.74) is 0.553. The van der Waals surface area contributed by atoms with E-state index in [4.69, 9.17) is 5.11 Å². The maximum Gasteiger partial charge on any atom is 0.126 e. The molecule has 0 aliphatic heterocycles. The molecule has 0 bridgehead atoms. The van der Waals surface area contributed by atoms with Crippen molar-refractivity contribution in [2.75, 3.05) is 6.61 Å². The lowest BCUT2D eigenvalue weighted by molar-refractivity contribution is 0.0832. The van der Waals surface area contributed by atoms with Gasteiger partial charge in [-0.25, -0.2) is 4.39 Å². The van der Waals surface area contributed by atoms with Crippen LogP contribution in [0.4, 0.5) is 4.39 Å². The standard InChI is InChI=1S/C11H14BrFO2/c1-7(4-9(15)6-14)10-5-8(12)2-3-11(10)13/h2-3,5,7,9,14-15H,4,6H2,1H3. The average Bonchev–Trinajstić information content (AvgIpc) is 2.21. The molecule has 0 amide bonds. The van der Waals surface area contributed by atoms with Gasteiger partial charge in [0.2, 0.25) is 0 Å². The van der Waals surface area contributed by atoms with Gasteiger partial charge in [-0.2, -0.15) is 0 Å². The summed E-state index contributed by atoms with van der Waals surface area (Å²) in [5, 5.41) is 18.0. The van der Waals surface area contributed by atoms with Gasteiger partial charge in [0.15, 0.2) is 0 Å². The van der Waals surface area contributed by atoms with E-state index < -0.39 is 6.10 Å². The zero-order chi connectivity index (χ0) is 11.4. The molecular weight excluding hydrogens is 263 g/mol. The lowest BCUT2D eigenvalue weighted by atomic mass is 9.95. The summed E-state index contributed by atoms with van der Waals surface area (Å²) in [4.78, 5) is 0. The molecule has 1 aromatic rings. The Morgan fingerprint density at radius 2 is 2.13 bits per heavy atom. The predicted octanol–water partition coefficient (Wildman–Crippen LogP) is 2.44. The topological polar surface area (TPSA) is 40.5 Å². The first-order valence-corrected chi connectivity index (χ1v) is 5.57. The van der Waals surface area contributed by atoms with Crippen LogP contribution in [0.3, 0.4) is 0 Å². The van der Waals surface area contributed by atoms with Gasteiger partial charge in [-0.15, -0.1) is 0 Å². The van der Waals surface area contributed by atoms with Crippen LogP contribution >= 0.6 is 15.9 Å². The summed E-state index contributed by atoms with van der Waals surface area (Å²) in [6.07, 6.45) is -0.442. The third-order valence-corrected chi connectivity index (χ3v) is 2.82. The number of benzene rings is 1. The van der Waals surface area contributed by atoms with E-state index in [1.165, 1.54) is 6.07 Å². The lowest BCUT2D eigenvalue weighted by Gasteiger charge is -2.16. The van der Waals surface area contributed by atoms with Crippen LogP contribution in [0.25, 0.3) is 0 Å². The van der Waals surface area contributed by atoms with Crippen molar-refractivity contribution in [2.45, 2.75) is 25.4 Å². The molecule has 0 saturated heterocycles. The minimum absolute atomic E-state index is 0.121. The van der Waals surface area contributed by atoms with Gasteiger partial charge >= 0.3 is 0 Å². The summed E-state index contributed by atoms with van der Waals surface area (Å²) in [7, 11) is 0. The number of hydrogen-bond acceptors (Lipinski definition) is 2. The summed E-state index contributed by atoms with van der Waals surface area (Å²) in [6, 6.07) is 4.72. The molecule has 0 spiro atoms. The van der Waals surface area contributed by atoms with Crippen molar-refractivity contribution in [3.63, 3.8) is 0 Å². The van der Waals surface area contributed by atoms with Gasteiger partial charge in [0.1, 0.15) is 5.82 Å². The van der Waals surface area contributed by atoms with Crippen LogP contribution < -0.4 is 0 Å². The van der Waals surface area contributed by atoms with Crippen LogP contribution in [0.2, 0.25) is 0 Å². The van der Waals surface area contributed by atoms with E-state index in [1.807, 2.05) is 6.92 Å². The molecule has 0 heterocycles. The van der Waals surface area contributed by atoms with Crippen LogP contribution in [0.5, 0.6) is 0 Å². The lowest BCUT2D eigenvalue weighted by Crippen LogP contribution is -2.15. The van der Waals surface area contributed by atoms with Gasteiger partial charge in [0, 0.05) is 4.47 Å². The minimum Gasteiger partial charge on any atom is -0.394 e. The minimum atomic E-state index is -0.793. The van der Waals surface area contributed by atoms with Crippen molar-refractivity contribution in [1.82, 2.24) is 0 Å². The molecule has 2 atom stereocenters. The molecule has 0 aromatic heterocycles. The first kappa shape index (κ1) is 12.6. The maximum absolute atomic E-state index is 13.4. The molecule has 15 heavy (non-hydrogen) atoms. The van der Waals surface area contributed by atoms with Gasteiger partial charge in [-0.3, -0.25) is 0 Å². The highest BCUT2D eigenvalue weighted by Gasteiger charge is 2.15. The molecule has 1 aromatic carbocycles. The molecule has 2 unspecified atom stereocenters. The van der Waals surface area contributed by atoms with E-state index in [1.54, 1.807) is 12.1 Å². The number of halogens is 2. The Morgan fingerprint density at radius 1 is 1.47 bits per heavy atom. The summed E-state index contributed by atoms with van der Waals surface area (Å²) in [5.74, 6) is -0.402. The zero-order valence-corrected chi connectivity index (χ0v) is 10.0. The maximum atomic E-state index is 13.4. The van der Waals surface area contributed by atoms with Gasteiger partial charge in [0.25, 0.3) is 0 Å². The van der Waals surface area contributed by atoms with E-state index in [2.05, 4.69) is 15.9 Å². The molecule has 0 saturated carbocycles. The molecule has 1 rings (SSSR count). The Bertz CT molecular complexity index is 330. The Balaban J connectivity index is 2.80. The third kappa shape index (κ3) is 3.55. The molecule has 0 radical (unpaired) electrons. The van der Waals surface area contributed by atoms with Crippen molar-refractivity contribution < 1.29 is 14.6 Å². The Labute approximate surface area is 96.9 Å². The van der Waals surface area contributed by atoms with Crippen molar-refractivity contribution >= 4 is 15.9 Å². The van der Waals surface area contributed by atoms with E-state index in [0.29, 0.717) is 12.0 Å². The van der Waals surface area contributed by atoms with E-state index in [0.717, 1.165) is 4.47 Å². The highest BCUT2D eigenvalue weighted by Crippen LogP contribution is 2.26. The highest BCUT2D eigenvalue weighted by molar-refractivity contribution is 9.10. The highest BCUT2D eigenvalue weighted by atomic mass is 79.9. The van der Waals surface area contributed by atoms with E-state index in [-0.39, 0.29) is 18.3 Å². The number of rotatable bonds is 4. The van der Waals surface area contributed by atoms with Gasteiger partial charge < -0.3 is 10.2 Å². The van der Waals surface area contributed by atoms with Gasteiger partial charge in [-0.05, 0) is 36.1 Å². The number of hydrogen-bond donors (Lipinski definition) is 2. The quantitative estimate of drug-likeness (QED) is 0.887. The second-order valence-corrected chi connectivity index (χ2v) is 4.55. The van der Waals surface area contributed by atoms with Crippen LogP contribution in [0.1, 0.15) is 24.8 Å². The number of aliphatic hydroxyl groups is 2. The first-order chi connectivity index (χ1) is 7.04. The van der Waals surface area contributed by atoms with Crippen molar-refractivity contribution in [2.24, 2.45) is 0 Å². The fraction of sp³-hybridized carbons (Fsp3) is 0.455. The monoisotopic (exact) mass is 276 g/mol.